The molecule has 0 unspecified atom stereocenters. The van der Waals surface area contributed by atoms with E-state index < -0.39 is 0 Å². The lowest BCUT2D eigenvalue weighted by molar-refractivity contribution is 0.404. The Kier molecular flexibility index (Phi) is 2.89. The van der Waals surface area contributed by atoms with Gasteiger partial charge in [0.15, 0.2) is 0 Å². The van der Waals surface area contributed by atoms with Gasteiger partial charge in [-0.2, -0.15) is 0 Å². The fourth-order valence-corrected chi connectivity index (χ4v) is 2.37. The molecule has 1 aromatic rings. The van der Waals surface area contributed by atoms with Crippen molar-refractivity contribution < 1.29 is 9.13 Å². The van der Waals surface area contributed by atoms with Crippen LogP contribution in [0.25, 0.3) is 0 Å². The molecule has 1 aliphatic carbocycles. The van der Waals surface area contributed by atoms with Gasteiger partial charge in [-0.3, -0.25) is 0 Å². The zero-order chi connectivity index (χ0) is 11.8. The number of rotatable bonds is 4. The van der Waals surface area contributed by atoms with E-state index in [1.54, 1.807) is 13.2 Å². The van der Waals surface area contributed by atoms with Crippen molar-refractivity contribution in [2.24, 2.45) is 5.73 Å². The zero-order valence-electron chi connectivity index (χ0n) is 9.85. The quantitative estimate of drug-likeness (QED) is 0.850. The van der Waals surface area contributed by atoms with Crippen LogP contribution in [0.15, 0.2) is 12.1 Å². The first-order chi connectivity index (χ1) is 7.66. The summed E-state index contributed by atoms with van der Waals surface area (Å²) in [6.07, 6.45) is 2.97. The van der Waals surface area contributed by atoms with Gasteiger partial charge in [0.05, 0.1) is 7.11 Å². The minimum absolute atomic E-state index is 0.0146. The maximum Gasteiger partial charge on any atom is 0.127 e. The molecule has 1 aromatic carbocycles. The first kappa shape index (κ1) is 11.4. The SMILES string of the molecule is CCc1c(OC)cc(F)cc1C1(CN)CC1. The Morgan fingerprint density at radius 1 is 1.44 bits per heavy atom. The topological polar surface area (TPSA) is 35.2 Å². The Morgan fingerprint density at radius 2 is 2.12 bits per heavy atom. The average molecular weight is 223 g/mol. The van der Waals surface area contributed by atoms with Crippen molar-refractivity contribution >= 4 is 0 Å². The van der Waals surface area contributed by atoms with Gasteiger partial charge in [0.25, 0.3) is 0 Å². The smallest absolute Gasteiger partial charge is 0.127 e. The average Bonchev–Trinajstić information content (AvgIpc) is 3.08. The lowest BCUT2D eigenvalue weighted by atomic mass is 9.89. The van der Waals surface area contributed by atoms with Gasteiger partial charge in [-0.15, -0.1) is 0 Å². The molecule has 0 atom stereocenters. The van der Waals surface area contributed by atoms with Crippen LogP contribution < -0.4 is 10.5 Å². The van der Waals surface area contributed by atoms with Gasteiger partial charge in [0, 0.05) is 18.0 Å². The summed E-state index contributed by atoms with van der Waals surface area (Å²) >= 11 is 0. The second-order valence-electron chi connectivity index (χ2n) is 4.47. The minimum atomic E-state index is -0.233. The summed E-state index contributed by atoms with van der Waals surface area (Å²) in [7, 11) is 1.58. The van der Waals surface area contributed by atoms with E-state index in [9.17, 15) is 4.39 Å². The predicted molar refractivity (Wildman–Crippen MR) is 62.3 cm³/mol. The van der Waals surface area contributed by atoms with Crippen molar-refractivity contribution in [3.05, 3.63) is 29.1 Å². The molecule has 0 bridgehead atoms. The van der Waals surface area contributed by atoms with Crippen molar-refractivity contribution in [1.29, 1.82) is 0 Å². The molecule has 2 rings (SSSR count). The normalized spacial score (nSPS) is 17.2. The van der Waals surface area contributed by atoms with Crippen LogP contribution in [0.5, 0.6) is 5.75 Å². The minimum Gasteiger partial charge on any atom is -0.496 e. The summed E-state index contributed by atoms with van der Waals surface area (Å²) in [4.78, 5) is 0. The van der Waals surface area contributed by atoms with Gasteiger partial charge in [0.2, 0.25) is 0 Å². The van der Waals surface area contributed by atoms with Gasteiger partial charge >= 0.3 is 0 Å². The Labute approximate surface area is 95.6 Å². The summed E-state index contributed by atoms with van der Waals surface area (Å²) in [6.45, 7) is 2.65. The van der Waals surface area contributed by atoms with Crippen molar-refractivity contribution in [1.82, 2.24) is 0 Å². The highest BCUT2D eigenvalue weighted by Crippen LogP contribution is 2.50. The van der Waals surface area contributed by atoms with Crippen molar-refractivity contribution in [3.8, 4) is 5.75 Å². The number of halogens is 1. The molecule has 0 radical (unpaired) electrons. The molecule has 1 saturated carbocycles. The standard InChI is InChI=1S/C13H18FNO/c1-3-10-11(13(8-15)4-5-13)6-9(14)7-12(10)16-2/h6-7H,3-5,8,15H2,1-2H3. The van der Waals surface area contributed by atoms with Crippen LogP contribution in [-0.4, -0.2) is 13.7 Å². The number of hydrogen-bond donors (Lipinski definition) is 1. The fourth-order valence-electron chi connectivity index (χ4n) is 2.37. The molecule has 3 heteroatoms. The molecule has 0 aliphatic heterocycles. The maximum absolute atomic E-state index is 13.5. The van der Waals surface area contributed by atoms with Crippen LogP contribution in [0.2, 0.25) is 0 Å². The van der Waals surface area contributed by atoms with E-state index in [0.717, 1.165) is 30.4 Å². The Hall–Kier alpha value is -1.09. The van der Waals surface area contributed by atoms with E-state index in [1.807, 2.05) is 0 Å². The van der Waals surface area contributed by atoms with Crippen LogP contribution >= 0.6 is 0 Å². The molecule has 16 heavy (non-hydrogen) atoms. The number of nitrogens with two attached hydrogens (primary N) is 1. The molecule has 0 amide bonds. The van der Waals surface area contributed by atoms with Crippen LogP contribution in [0.1, 0.15) is 30.9 Å². The van der Waals surface area contributed by atoms with Crippen LogP contribution in [0.4, 0.5) is 4.39 Å². The Bertz CT molecular complexity index is 399. The van der Waals surface area contributed by atoms with E-state index in [1.165, 1.54) is 6.07 Å². The second kappa shape index (κ2) is 4.06. The van der Waals surface area contributed by atoms with Crippen molar-refractivity contribution in [2.75, 3.05) is 13.7 Å². The van der Waals surface area contributed by atoms with Gasteiger partial charge in [-0.1, -0.05) is 6.92 Å². The summed E-state index contributed by atoms with van der Waals surface area (Å²) in [5.74, 6) is 0.418. The van der Waals surface area contributed by atoms with E-state index >= 15 is 0 Å². The summed E-state index contributed by atoms with van der Waals surface area (Å²) < 4.78 is 18.7. The van der Waals surface area contributed by atoms with Crippen LogP contribution in [0, 0.1) is 5.82 Å². The molecule has 0 saturated heterocycles. The largest absolute Gasteiger partial charge is 0.496 e. The van der Waals surface area contributed by atoms with Crippen molar-refractivity contribution in [2.45, 2.75) is 31.6 Å². The predicted octanol–water partition coefficient (Wildman–Crippen LogP) is 2.39. The summed E-state index contributed by atoms with van der Waals surface area (Å²) in [5, 5.41) is 0. The molecular formula is C13H18FNO. The van der Waals surface area contributed by atoms with Gasteiger partial charge in [0.1, 0.15) is 11.6 Å². The highest BCUT2D eigenvalue weighted by molar-refractivity contribution is 5.47. The second-order valence-corrected chi connectivity index (χ2v) is 4.47. The maximum atomic E-state index is 13.5. The van der Waals surface area contributed by atoms with Gasteiger partial charge < -0.3 is 10.5 Å². The molecule has 0 heterocycles. The molecule has 0 spiro atoms. The van der Waals surface area contributed by atoms with Crippen molar-refractivity contribution in [3.63, 3.8) is 0 Å². The summed E-state index contributed by atoms with van der Waals surface area (Å²) in [5.41, 5.74) is 7.97. The van der Waals surface area contributed by atoms with E-state index in [4.69, 9.17) is 10.5 Å². The number of benzene rings is 1. The zero-order valence-corrected chi connectivity index (χ0v) is 9.85. The summed E-state index contributed by atoms with van der Waals surface area (Å²) in [6, 6.07) is 3.08. The number of hydrogen-bond acceptors (Lipinski definition) is 2. The molecule has 88 valence electrons. The van der Waals surface area contributed by atoms with E-state index in [2.05, 4.69) is 6.92 Å². The molecular weight excluding hydrogens is 205 g/mol. The number of methoxy groups -OCH3 is 1. The highest BCUT2D eigenvalue weighted by atomic mass is 19.1. The molecule has 1 aliphatic rings. The van der Waals surface area contributed by atoms with Crippen LogP contribution in [0.3, 0.4) is 0 Å². The first-order valence-corrected chi connectivity index (χ1v) is 5.74. The fraction of sp³-hybridized carbons (Fsp3) is 0.538. The third-order valence-electron chi connectivity index (χ3n) is 3.56. The Morgan fingerprint density at radius 3 is 2.56 bits per heavy atom. The molecule has 1 fully saturated rings. The monoisotopic (exact) mass is 223 g/mol. The molecule has 2 N–H and O–H groups in total. The van der Waals surface area contributed by atoms with Gasteiger partial charge in [-0.25, -0.2) is 4.39 Å². The molecule has 2 nitrogen and oxygen atoms in total. The first-order valence-electron chi connectivity index (χ1n) is 5.74. The van der Waals surface area contributed by atoms with Gasteiger partial charge in [-0.05, 0) is 36.5 Å². The van der Waals surface area contributed by atoms with Crippen LogP contribution in [-0.2, 0) is 11.8 Å². The Balaban J connectivity index is 2.54. The third kappa shape index (κ3) is 1.69. The lowest BCUT2D eigenvalue weighted by Gasteiger charge is -2.19. The van der Waals surface area contributed by atoms with E-state index in [-0.39, 0.29) is 11.2 Å². The highest BCUT2D eigenvalue weighted by Gasteiger charge is 2.44. The van der Waals surface area contributed by atoms with E-state index in [0.29, 0.717) is 12.3 Å². The molecule has 0 aromatic heterocycles. The third-order valence-corrected chi connectivity index (χ3v) is 3.56. The lowest BCUT2D eigenvalue weighted by Crippen LogP contribution is -2.21. The number of ether oxygens (including phenoxy) is 1.